The van der Waals surface area contributed by atoms with Crippen LogP contribution in [0.4, 0.5) is 0 Å². The number of rotatable bonds is 4. The molecular weight excluding hydrogens is 294 g/mol. The monoisotopic (exact) mass is 317 g/mol. The molecule has 1 N–H and O–H groups in total. The number of nitrogens with zero attached hydrogens (tertiary/aromatic N) is 1. The van der Waals surface area contributed by atoms with E-state index in [1.165, 1.54) is 22.1 Å². The molecule has 6 heteroatoms. The molecule has 0 spiro atoms. The van der Waals surface area contributed by atoms with Crippen molar-refractivity contribution in [3.05, 3.63) is 16.5 Å². The van der Waals surface area contributed by atoms with Gasteiger partial charge in [0.1, 0.15) is 4.21 Å². The molecule has 1 saturated carbocycles. The molecule has 1 aliphatic rings. The second-order valence-electron chi connectivity index (χ2n) is 5.78. The van der Waals surface area contributed by atoms with Crippen LogP contribution >= 0.6 is 11.3 Å². The maximum atomic E-state index is 12.7. The topological polar surface area (TPSA) is 57.6 Å². The molecule has 2 rings (SSSR count). The van der Waals surface area contributed by atoms with Gasteiger partial charge in [0.2, 0.25) is 0 Å². The van der Waals surface area contributed by atoms with Gasteiger partial charge in [0, 0.05) is 18.0 Å². The molecule has 1 aliphatic carbocycles. The molecule has 1 heterocycles. The molecule has 1 aromatic rings. The fourth-order valence-corrected chi connectivity index (χ4v) is 5.88. The molecule has 0 amide bonds. The molecule has 4 nitrogen and oxygen atoms in total. The van der Waals surface area contributed by atoms with Crippen molar-refractivity contribution in [1.82, 2.24) is 4.31 Å². The predicted octanol–water partition coefficient (Wildman–Crippen LogP) is 2.75. The number of hydrogen-bond acceptors (Lipinski definition) is 4. The fourth-order valence-electron chi connectivity index (χ4n) is 2.84. The maximum Gasteiger partial charge on any atom is 0.252 e. The van der Waals surface area contributed by atoms with E-state index in [2.05, 4.69) is 6.92 Å². The standard InChI is InChI=1S/C14H23NO3S2/c1-10-5-4-6-12(7-10)15(3)20(17,18)14-8-11(2)13(9-16)19-14/h8,10,12,16H,4-7,9H2,1-3H3. The van der Waals surface area contributed by atoms with Gasteiger partial charge >= 0.3 is 0 Å². The number of aliphatic hydroxyl groups excluding tert-OH is 1. The van der Waals surface area contributed by atoms with Crippen molar-refractivity contribution in [2.75, 3.05) is 7.05 Å². The van der Waals surface area contributed by atoms with Crippen LogP contribution in [0, 0.1) is 12.8 Å². The highest BCUT2D eigenvalue weighted by molar-refractivity contribution is 7.91. The van der Waals surface area contributed by atoms with Crippen LogP contribution in [-0.2, 0) is 16.6 Å². The normalized spacial score (nSPS) is 24.2. The van der Waals surface area contributed by atoms with Crippen LogP contribution < -0.4 is 0 Å². The van der Waals surface area contributed by atoms with Gasteiger partial charge in [-0.3, -0.25) is 0 Å². The predicted molar refractivity (Wildman–Crippen MR) is 81.3 cm³/mol. The minimum Gasteiger partial charge on any atom is -0.391 e. The molecule has 20 heavy (non-hydrogen) atoms. The molecule has 0 bridgehead atoms. The number of aliphatic hydroxyl groups is 1. The largest absolute Gasteiger partial charge is 0.391 e. The van der Waals surface area contributed by atoms with Crippen LogP contribution in [0.2, 0.25) is 0 Å². The van der Waals surface area contributed by atoms with Gasteiger partial charge in [0.15, 0.2) is 0 Å². The first-order valence-electron chi connectivity index (χ1n) is 7.04. The first-order valence-corrected chi connectivity index (χ1v) is 9.30. The Morgan fingerprint density at radius 2 is 2.15 bits per heavy atom. The summed E-state index contributed by atoms with van der Waals surface area (Å²) < 4.78 is 27.2. The summed E-state index contributed by atoms with van der Waals surface area (Å²) in [5.74, 6) is 0.587. The second-order valence-corrected chi connectivity index (χ2v) is 9.14. The highest BCUT2D eigenvalue weighted by atomic mass is 32.2. The van der Waals surface area contributed by atoms with Gasteiger partial charge in [-0.25, -0.2) is 8.42 Å². The summed E-state index contributed by atoms with van der Waals surface area (Å²) in [6.07, 6.45) is 4.17. The van der Waals surface area contributed by atoms with Crippen LogP contribution in [0.15, 0.2) is 10.3 Å². The third-order valence-corrected chi connectivity index (χ3v) is 7.78. The first-order chi connectivity index (χ1) is 9.36. The van der Waals surface area contributed by atoms with Gasteiger partial charge < -0.3 is 5.11 Å². The summed E-state index contributed by atoms with van der Waals surface area (Å²) in [5, 5.41) is 9.22. The number of aryl methyl sites for hydroxylation is 1. The molecule has 1 aromatic heterocycles. The highest BCUT2D eigenvalue weighted by Gasteiger charge is 2.32. The van der Waals surface area contributed by atoms with E-state index < -0.39 is 10.0 Å². The number of hydrogen-bond donors (Lipinski definition) is 1. The summed E-state index contributed by atoms with van der Waals surface area (Å²) in [7, 11) is -1.75. The smallest absolute Gasteiger partial charge is 0.252 e. The van der Waals surface area contributed by atoms with Crippen LogP contribution in [0.1, 0.15) is 43.0 Å². The minimum atomic E-state index is -3.43. The van der Waals surface area contributed by atoms with Crippen LogP contribution in [0.5, 0.6) is 0 Å². The average molecular weight is 317 g/mol. The van der Waals surface area contributed by atoms with Gasteiger partial charge in [0.05, 0.1) is 6.61 Å². The molecule has 1 fully saturated rings. The zero-order valence-corrected chi connectivity index (χ0v) is 13.9. The van der Waals surface area contributed by atoms with E-state index in [1.807, 2.05) is 6.92 Å². The molecular formula is C14H23NO3S2. The minimum absolute atomic E-state index is 0.101. The van der Waals surface area contributed by atoms with Crippen LogP contribution in [0.3, 0.4) is 0 Å². The molecule has 0 saturated heterocycles. The van der Waals surface area contributed by atoms with E-state index in [1.54, 1.807) is 13.1 Å². The van der Waals surface area contributed by atoms with Gasteiger partial charge in [0.25, 0.3) is 10.0 Å². The SMILES string of the molecule is Cc1cc(S(=O)(=O)N(C)C2CCCC(C)C2)sc1CO. The van der Waals surface area contributed by atoms with Gasteiger partial charge in [-0.1, -0.05) is 19.8 Å². The van der Waals surface area contributed by atoms with Crippen molar-refractivity contribution >= 4 is 21.4 Å². The van der Waals surface area contributed by atoms with Crippen molar-refractivity contribution in [2.24, 2.45) is 5.92 Å². The lowest BCUT2D eigenvalue weighted by atomic mass is 9.87. The Balaban J connectivity index is 2.24. The number of sulfonamides is 1. The Labute approximate surface area is 125 Å². The summed E-state index contributed by atoms with van der Waals surface area (Å²) in [4.78, 5) is 0.731. The molecule has 0 aromatic carbocycles. The zero-order valence-electron chi connectivity index (χ0n) is 12.3. The van der Waals surface area contributed by atoms with Crippen LogP contribution in [0.25, 0.3) is 0 Å². The Kier molecular flexibility index (Phi) is 4.89. The Morgan fingerprint density at radius 3 is 2.70 bits per heavy atom. The van der Waals surface area contributed by atoms with Gasteiger partial charge in [-0.15, -0.1) is 11.3 Å². The van der Waals surface area contributed by atoms with Crippen molar-refractivity contribution in [1.29, 1.82) is 0 Å². The Hall–Kier alpha value is -0.430. The highest BCUT2D eigenvalue weighted by Crippen LogP contribution is 2.33. The summed E-state index contributed by atoms with van der Waals surface area (Å²) in [5.41, 5.74) is 0.849. The zero-order chi connectivity index (χ0) is 14.9. The van der Waals surface area contributed by atoms with E-state index in [-0.39, 0.29) is 12.6 Å². The van der Waals surface area contributed by atoms with E-state index in [0.29, 0.717) is 10.1 Å². The second kappa shape index (κ2) is 6.13. The van der Waals surface area contributed by atoms with Crippen LogP contribution in [-0.4, -0.2) is 30.9 Å². The van der Waals surface area contributed by atoms with E-state index >= 15 is 0 Å². The Bertz CT molecular complexity index is 565. The van der Waals surface area contributed by atoms with Crippen molar-refractivity contribution in [3.8, 4) is 0 Å². The third-order valence-electron chi connectivity index (χ3n) is 4.20. The first kappa shape index (κ1) is 15.9. The third kappa shape index (κ3) is 3.08. The molecule has 2 unspecified atom stereocenters. The quantitative estimate of drug-likeness (QED) is 0.929. The Morgan fingerprint density at radius 1 is 1.45 bits per heavy atom. The van der Waals surface area contributed by atoms with E-state index in [4.69, 9.17) is 0 Å². The summed E-state index contributed by atoms with van der Waals surface area (Å²) >= 11 is 1.18. The lowest BCUT2D eigenvalue weighted by Gasteiger charge is -2.33. The molecule has 2 atom stereocenters. The average Bonchev–Trinajstić information content (AvgIpc) is 2.79. The molecule has 0 aliphatic heterocycles. The summed E-state index contributed by atoms with van der Waals surface area (Å²) in [6, 6.07) is 1.78. The van der Waals surface area contributed by atoms with Gasteiger partial charge in [-0.2, -0.15) is 4.31 Å². The van der Waals surface area contributed by atoms with Crippen molar-refractivity contribution in [2.45, 2.75) is 56.4 Å². The van der Waals surface area contributed by atoms with Gasteiger partial charge in [-0.05, 0) is 37.3 Å². The molecule has 0 radical (unpaired) electrons. The van der Waals surface area contributed by atoms with Crippen molar-refractivity contribution < 1.29 is 13.5 Å². The summed E-state index contributed by atoms with van der Waals surface area (Å²) in [6.45, 7) is 3.92. The fraction of sp³-hybridized carbons (Fsp3) is 0.714. The molecule has 114 valence electrons. The number of thiophene rings is 1. The van der Waals surface area contributed by atoms with Crippen molar-refractivity contribution in [3.63, 3.8) is 0 Å². The lowest BCUT2D eigenvalue weighted by Crippen LogP contribution is -2.39. The van der Waals surface area contributed by atoms with E-state index in [0.717, 1.165) is 29.7 Å². The lowest BCUT2D eigenvalue weighted by molar-refractivity contribution is 0.239. The maximum absolute atomic E-state index is 12.7. The van der Waals surface area contributed by atoms with E-state index in [9.17, 15) is 13.5 Å².